The summed E-state index contributed by atoms with van der Waals surface area (Å²) in [5.41, 5.74) is 2.66. The topological polar surface area (TPSA) is 72.2 Å². The van der Waals surface area contributed by atoms with Crippen LogP contribution in [0.1, 0.15) is 21.7 Å². The van der Waals surface area contributed by atoms with Gasteiger partial charge in [-0.05, 0) is 40.5 Å². The second-order valence-electron chi connectivity index (χ2n) is 5.71. The number of hydrogen-bond acceptors (Lipinski definition) is 5. The van der Waals surface area contributed by atoms with Crippen LogP contribution in [0.15, 0.2) is 53.0 Å². The SMILES string of the molecule is Cc1nnc2sc(-c3ccc(CNC(=O)c4ccccc4Br)cc3)nn12. The monoisotopic (exact) mass is 427 g/mol. The van der Waals surface area contributed by atoms with E-state index in [4.69, 9.17) is 0 Å². The van der Waals surface area contributed by atoms with Crippen LogP contribution < -0.4 is 5.32 Å². The first kappa shape index (κ1) is 16.9. The van der Waals surface area contributed by atoms with Crippen LogP contribution in [0.5, 0.6) is 0 Å². The molecule has 0 spiro atoms. The Kier molecular flexibility index (Phi) is 4.52. The molecule has 0 fully saturated rings. The molecule has 0 unspecified atom stereocenters. The van der Waals surface area contributed by atoms with Gasteiger partial charge in [-0.25, -0.2) is 0 Å². The lowest BCUT2D eigenvalue weighted by Gasteiger charge is -2.07. The number of rotatable bonds is 4. The van der Waals surface area contributed by atoms with Gasteiger partial charge in [0.05, 0.1) is 5.56 Å². The van der Waals surface area contributed by atoms with Crippen molar-refractivity contribution in [2.45, 2.75) is 13.5 Å². The summed E-state index contributed by atoms with van der Waals surface area (Å²) in [5, 5.41) is 16.4. The number of carbonyl (C=O) groups is 1. The lowest BCUT2D eigenvalue weighted by atomic mass is 10.1. The molecule has 2 heterocycles. The summed E-state index contributed by atoms with van der Waals surface area (Å²) in [4.78, 5) is 13.0. The summed E-state index contributed by atoms with van der Waals surface area (Å²) in [6.07, 6.45) is 0. The Labute approximate surface area is 162 Å². The maximum absolute atomic E-state index is 12.3. The maximum Gasteiger partial charge on any atom is 0.252 e. The zero-order valence-corrected chi connectivity index (χ0v) is 16.2. The van der Waals surface area contributed by atoms with Crippen LogP contribution in [0.25, 0.3) is 15.5 Å². The molecular formula is C18H14BrN5OS. The van der Waals surface area contributed by atoms with Gasteiger partial charge < -0.3 is 5.32 Å². The lowest BCUT2D eigenvalue weighted by molar-refractivity contribution is 0.0950. The minimum absolute atomic E-state index is 0.106. The predicted octanol–water partition coefficient (Wildman–Crippen LogP) is 3.85. The third kappa shape index (κ3) is 3.25. The fourth-order valence-electron chi connectivity index (χ4n) is 2.52. The Morgan fingerprint density at radius 2 is 1.92 bits per heavy atom. The number of aromatic nitrogens is 4. The molecule has 0 saturated heterocycles. The number of carbonyl (C=O) groups excluding carboxylic acids is 1. The van der Waals surface area contributed by atoms with E-state index in [-0.39, 0.29) is 5.91 Å². The summed E-state index contributed by atoms with van der Waals surface area (Å²) in [5.74, 6) is 0.666. The van der Waals surface area contributed by atoms with Gasteiger partial charge >= 0.3 is 0 Å². The molecule has 0 aliphatic heterocycles. The zero-order valence-electron chi connectivity index (χ0n) is 13.8. The highest BCUT2D eigenvalue weighted by atomic mass is 79.9. The van der Waals surface area contributed by atoms with Crippen molar-refractivity contribution < 1.29 is 4.79 Å². The smallest absolute Gasteiger partial charge is 0.252 e. The Hall–Kier alpha value is -2.58. The first-order valence-corrected chi connectivity index (χ1v) is 9.53. The van der Waals surface area contributed by atoms with Gasteiger partial charge in [0.2, 0.25) is 4.96 Å². The van der Waals surface area contributed by atoms with Crippen molar-refractivity contribution in [3.05, 3.63) is 70.0 Å². The van der Waals surface area contributed by atoms with E-state index in [1.807, 2.05) is 49.4 Å². The molecule has 0 saturated carbocycles. The highest BCUT2D eigenvalue weighted by Gasteiger charge is 2.11. The molecule has 4 rings (SSSR count). The van der Waals surface area contributed by atoms with E-state index in [0.29, 0.717) is 12.1 Å². The molecule has 130 valence electrons. The Morgan fingerprint density at radius 1 is 1.15 bits per heavy atom. The molecule has 6 nitrogen and oxygen atoms in total. The molecule has 2 aromatic heterocycles. The molecule has 0 bridgehead atoms. The largest absolute Gasteiger partial charge is 0.348 e. The highest BCUT2D eigenvalue weighted by Crippen LogP contribution is 2.25. The number of benzene rings is 2. The van der Waals surface area contributed by atoms with Gasteiger partial charge in [-0.1, -0.05) is 47.7 Å². The second kappa shape index (κ2) is 6.97. The van der Waals surface area contributed by atoms with Crippen molar-refractivity contribution in [2.75, 3.05) is 0 Å². The molecule has 0 radical (unpaired) electrons. The summed E-state index contributed by atoms with van der Waals surface area (Å²) >= 11 is 4.89. The number of nitrogens with one attached hydrogen (secondary N) is 1. The summed E-state index contributed by atoms with van der Waals surface area (Å²) in [6.45, 7) is 2.34. The Balaban J connectivity index is 1.46. The van der Waals surface area contributed by atoms with E-state index in [9.17, 15) is 4.79 Å². The molecule has 0 atom stereocenters. The van der Waals surface area contributed by atoms with Crippen LogP contribution in [0, 0.1) is 6.92 Å². The number of amides is 1. The lowest BCUT2D eigenvalue weighted by Crippen LogP contribution is -2.23. The average molecular weight is 428 g/mol. The van der Waals surface area contributed by atoms with E-state index < -0.39 is 0 Å². The molecular weight excluding hydrogens is 414 g/mol. The number of nitrogens with zero attached hydrogens (tertiary/aromatic N) is 4. The summed E-state index contributed by atoms with van der Waals surface area (Å²) in [7, 11) is 0. The van der Waals surface area contributed by atoms with E-state index in [0.717, 1.165) is 31.4 Å². The first-order valence-electron chi connectivity index (χ1n) is 7.93. The van der Waals surface area contributed by atoms with E-state index >= 15 is 0 Å². The van der Waals surface area contributed by atoms with Crippen LogP contribution in [0.3, 0.4) is 0 Å². The van der Waals surface area contributed by atoms with Gasteiger partial charge in [0, 0.05) is 16.6 Å². The van der Waals surface area contributed by atoms with Gasteiger partial charge in [-0.2, -0.15) is 9.61 Å². The normalized spacial score (nSPS) is 11.0. The molecule has 8 heteroatoms. The van der Waals surface area contributed by atoms with Crippen LogP contribution in [-0.4, -0.2) is 25.7 Å². The number of hydrogen-bond donors (Lipinski definition) is 1. The molecule has 0 aliphatic rings. The number of aryl methyl sites for hydroxylation is 1. The summed E-state index contributed by atoms with van der Waals surface area (Å²) in [6, 6.07) is 15.4. The number of halogens is 1. The fraction of sp³-hybridized carbons (Fsp3) is 0.111. The fourth-order valence-corrected chi connectivity index (χ4v) is 3.87. The van der Waals surface area contributed by atoms with E-state index in [1.165, 1.54) is 11.3 Å². The number of fused-ring (bicyclic) bond motifs is 1. The van der Waals surface area contributed by atoms with Crippen LogP contribution in [0.4, 0.5) is 0 Å². The molecule has 1 N–H and O–H groups in total. The maximum atomic E-state index is 12.3. The van der Waals surface area contributed by atoms with Crippen molar-refractivity contribution in [3.8, 4) is 10.6 Å². The molecule has 1 amide bonds. The molecule has 2 aromatic carbocycles. The van der Waals surface area contributed by atoms with Crippen molar-refractivity contribution in [1.82, 2.24) is 25.1 Å². The first-order chi connectivity index (χ1) is 12.6. The quantitative estimate of drug-likeness (QED) is 0.536. The van der Waals surface area contributed by atoms with Gasteiger partial charge in [0.15, 0.2) is 5.82 Å². The van der Waals surface area contributed by atoms with Gasteiger partial charge in [0.25, 0.3) is 5.91 Å². The van der Waals surface area contributed by atoms with Gasteiger partial charge in [-0.3, -0.25) is 4.79 Å². The van der Waals surface area contributed by atoms with Gasteiger partial charge in [0.1, 0.15) is 5.01 Å². The third-order valence-electron chi connectivity index (χ3n) is 3.92. The Bertz CT molecular complexity index is 1090. The minimum Gasteiger partial charge on any atom is -0.348 e. The highest BCUT2D eigenvalue weighted by molar-refractivity contribution is 9.10. The molecule has 4 aromatic rings. The van der Waals surface area contributed by atoms with Crippen LogP contribution >= 0.6 is 27.3 Å². The second-order valence-corrected chi connectivity index (χ2v) is 7.52. The summed E-state index contributed by atoms with van der Waals surface area (Å²) < 4.78 is 2.53. The minimum atomic E-state index is -0.106. The van der Waals surface area contributed by atoms with E-state index in [1.54, 1.807) is 10.6 Å². The zero-order chi connectivity index (χ0) is 18.1. The van der Waals surface area contributed by atoms with Gasteiger partial charge in [-0.15, -0.1) is 10.2 Å². The third-order valence-corrected chi connectivity index (χ3v) is 5.56. The van der Waals surface area contributed by atoms with Crippen molar-refractivity contribution in [3.63, 3.8) is 0 Å². The molecule has 26 heavy (non-hydrogen) atoms. The standard InChI is InChI=1S/C18H14BrN5OS/c1-11-21-22-18-24(11)23-17(26-18)13-8-6-12(7-9-13)10-20-16(25)14-4-2-3-5-15(14)19/h2-9H,10H2,1H3,(H,20,25). The van der Waals surface area contributed by atoms with Crippen molar-refractivity contribution in [1.29, 1.82) is 0 Å². The Morgan fingerprint density at radius 3 is 2.65 bits per heavy atom. The van der Waals surface area contributed by atoms with Crippen molar-refractivity contribution >= 4 is 38.1 Å². The van der Waals surface area contributed by atoms with Crippen molar-refractivity contribution in [2.24, 2.45) is 0 Å². The van der Waals surface area contributed by atoms with Crippen LogP contribution in [0.2, 0.25) is 0 Å². The average Bonchev–Trinajstić information content (AvgIpc) is 3.23. The van der Waals surface area contributed by atoms with Crippen LogP contribution in [-0.2, 0) is 6.54 Å². The van der Waals surface area contributed by atoms with E-state index in [2.05, 4.69) is 36.5 Å². The predicted molar refractivity (Wildman–Crippen MR) is 104 cm³/mol. The molecule has 0 aliphatic carbocycles.